The summed E-state index contributed by atoms with van der Waals surface area (Å²) in [4.78, 5) is 24.2. The highest BCUT2D eigenvalue weighted by Crippen LogP contribution is 2.32. The molecule has 1 amide bonds. The number of aliphatic carboxylic acids is 1. The minimum absolute atomic E-state index is 0.117. The number of hydrogen-bond acceptors (Lipinski definition) is 3. The molecule has 1 unspecified atom stereocenters. The number of nitrogens with zero attached hydrogens (tertiary/aromatic N) is 2. The molecule has 0 bridgehead atoms. The Hall–Kier alpha value is -2.06. The van der Waals surface area contributed by atoms with E-state index in [-0.39, 0.29) is 13.0 Å². The van der Waals surface area contributed by atoms with Crippen molar-refractivity contribution >= 4 is 11.9 Å². The fraction of sp³-hybridized carbons (Fsp3) is 0.545. The van der Waals surface area contributed by atoms with Gasteiger partial charge in [0.1, 0.15) is 17.3 Å². The zero-order chi connectivity index (χ0) is 14.9. The normalized spacial score (nSPS) is 19.9. The van der Waals surface area contributed by atoms with Crippen LogP contribution in [0.1, 0.15) is 35.3 Å². The molecule has 0 aliphatic carbocycles. The number of hydrogen-bond donors (Lipinski definition) is 2. The number of halogens is 3. The van der Waals surface area contributed by atoms with Gasteiger partial charge in [-0.05, 0) is 19.3 Å². The Morgan fingerprint density at radius 1 is 1.40 bits per heavy atom. The summed E-state index contributed by atoms with van der Waals surface area (Å²) in [7, 11) is 0. The number of likely N-dealkylation sites (tertiary alicyclic amines) is 1. The Bertz CT molecular complexity index is 526. The third kappa shape index (κ3) is 2.61. The Balaban J connectivity index is 2.31. The van der Waals surface area contributed by atoms with E-state index in [2.05, 4.69) is 5.10 Å². The molecule has 2 N–H and O–H groups in total. The molecular formula is C11H12F3N3O3. The Kier molecular flexibility index (Phi) is 3.69. The molecule has 2 heterocycles. The van der Waals surface area contributed by atoms with Crippen LogP contribution in [0, 0.1) is 0 Å². The van der Waals surface area contributed by atoms with Gasteiger partial charge < -0.3 is 10.0 Å². The number of alkyl halides is 3. The first-order chi connectivity index (χ1) is 9.32. The van der Waals surface area contributed by atoms with E-state index in [0.29, 0.717) is 19.0 Å². The number of piperidine rings is 1. The van der Waals surface area contributed by atoms with Gasteiger partial charge in [0.25, 0.3) is 5.91 Å². The van der Waals surface area contributed by atoms with Gasteiger partial charge in [0.05, 0.1) is 6.20 Å². The van der Waals surface area contributed by atoms with Gasteiger partial charge in [-0.25, -0.2) is 4.79 Å². The molecule has 1 aromatic rings. The van der Waals surface area contributed by atoms with Gasteiger partial charge in [0.2, 0.25) is 0 Å². The Labute approximate surface area is 111 Å². The van der Waals surface area contributed by atoms with Crippen LogP contribution in [0.4, 0.5) is 13.2 Å². The Morgan fingerprint density at radius 3 is 2.70 bits per heavy atom. The third-order valence-electron chi connectivity index (χ3n) is 3.21. The largest absolute Gasteiger partial charge is 0.480 e. The molecule has 9 heteroatoms. The summed E-state index contributed by atoms with van der Waals surface area (Å²) < 4.78 is 38.2. The van der Waals surface area contributed by atoms with Crippen molar-refractivity contribution in [3.8, 4) is 0 Å². The maximum atomic E-state index is 12.7. The first-order valence-electron chi connectivity index (χ1n) is 5.96. The van der Waals surface area contributed by atoms with Gasteiger partial charge in [0.15, 0.2) is 0 Å². The maximum Gasteiger partial charge on any atom is 0.420 e. The van der Waals surface area contributed by atoms with Crippen LogP contribution in [-0.4, -0.2) is 44.7 Å². The van der Waals surface area contributed by atoms with E-state index >= 15 is 0 Å². The second-order valence-electron chi connectivity index (χ2n) is 4.50. The van der Waals surface area contributed by atoms with Crippen LogP contribution in [0.5, 0.6) is 0 Å². The number of rotatable bonds is 2. The number of carboxylic acid groups (broad SMARTS) is 1. The minimum atomic E-state index is -4.72. The van der Waals surface area contributed by atoms with Crippen LogP contribution < -0.4 is 0 Å². The summed E-state index contributed by atoms with van der Waals surface area (Å²) in [5, 5.41) is 14.3. The highest BCUT2D eigenvalue weighted by atomic mass is 19.4. The second kappa shape index (κ2) is 5.14. The molecule has 1 saturated heterocycles. The first-order valence-corrected chi connectivity index (χ1v) is 5.96. The third-order valence-corrected chi connectivity index (χ3v) is 3.21. The molecule has 1 fully saturated rings. The highest BCUT2D eigenvalue weighted by molar-refractivity contribution is 5.96. The van der Waals surface area contributed by atoms with Crippen LogP contribution in [0.25, 0.3) is 0 Å². The number of carbonyl (C=O) groups is 2. The summed E-state index contributed by atoms with van der Waals surface area (Å²) in [6.07, 6.45) is -2.78. The Morgan fingerprint density at radius 2 is 2.10 bits per heavy atom. The van der Waals surface area contributed by atoms with Gasteiger partial charge in [-0.2, -0.15) is 18.3 Å². The van der Waals surface area contributed by atoms with Crippen molar-refractivity contribution in [3.63, 3.8) is 0 Å². The van der Waals surface area contributed by atoms with Crippen LogP contribution >= 0.6 is 0 Å². The zero-order valence-corrected chi connectivity index (χ0v) is 10.3. The van der Waals surface area contributed by atoms with E-state index in [0.717, 1.165) is 4.90 Å². The highest BCUT2D eigenvalue weighted by Gasteiger charge is 2.40. The molecule has 1 atom stereocenters. The van der Waals surface area contributed by atoms with E-state index < -0.39 is 35.4 Å². The molecular weight excluding hydrogens is 279 g/mol. The topological polar surface area (TPSA) is 86.3 Å². The SMILES string of the molecule is O=C(O)C1CCCCN1C(=O)c1[nH]ncc1C(F)(F)F. The number of nitrogens with one attached hydrogen (secondary N) is 1. The monoisotopic (exact) mass is 291 g/mol. The van der Waals surface area contributed by atoms with Gasteiger partial charge >= 0.3 is 12.1 Å². The van der Waals surface area contributed by atoms with Crippen molar-refractivity contribution in [2.75, 3.05) is 6.54 Å². The quantitative estimate of drug-likeness (QED) is 0.864. The number of aromatic nitrogens is 2. The van der Waals surface area contributed by atoms with Gasteiger partial charge in [0, 0.05) is 6.54 Å². The molecule has 20 heavy (non-hydrogen) atoms. The van der Waals surface area contributed by atoms with Crippen LogP contribution in [0.2, 0.25) is 0 Å². The first kappa shape index (κ1) is 14.4. The fourth-order valence-electron chi connectivity index (χ4n) is 2.24. The molecule has 0 aromatic carbocycles. The molecule has 1 aromatic heterocycles. The van der Waals surface area contributed by atoms with Crippen molar-refractivity contribution in [1.29, 1.82) is 0 Å². The predicted octanol–water partition coefficient (Wildman–Crippen LogP) is 1.51. The van der Waals surface area contributed by atoms with E-state index in [4.69, 9.17) is 5.11 Å². The van der Waals surface area contributed by atoms with Gasteiger partial charge in [-0.15, -0.1) is 0 Å². The van der Waals surface area contributed by atoms with Crippen LogP contribution in [0.15, 0.2) is 6.20 Å². The minimum Gasteiger partial charge on any atom is -0.480 e. The summed E-state index contributed by atoms with van der Waals surface area (Å²) in [5.41, 5.74) is -1.90. The molecule has 110 valence electrons. The van der Waals surface area contributed by atoms with Crippen molar-refractivity contribution in [3.05, 3.63) is 17.5 Å². The van der Waals surface area contributed by atoms with E-state index in [1.54, 1.807) is 0 Å². The van der Waals surface area contributed by atoms with E-state index in [1.165, 1.54) is 0 Å². The molecule has 2 rings (SSSR count). The fourth-order valence-corrected chi connectivity index (χ4v) is 2.24. The lowest BCUT2D eigenvalue weighted by molar-refractivity contribution is -0.143. The summed E-state index contributed by atoms with van der Waals surface area (Å²) in [5.74, 6) is -2.20. The molecule has 0 saturated carbocycles. The smallest absolute Gasteiger partial charge is 0.420 e. The van der Waals surface area contributed by atoms with Crippen molar-refractivity contribution in [1.82, 2.24) is 15.1 Å². The van der Waals surface area contributed by atoms with Gasteiger partial charge in [-0.3, -0.25) is 9.89 Å². The predicted molar refractivity (Wildman–Crippen MR) is 59.9 cm³/mol. The molecule has 0 spiro atoms. The number of carboxylic acids is 1. The van der Waals surface area contributed by atoms with Crippen molar-refractivity contribution < 1.29 is 27.9 Å². The lowest BCUT2D eigenvalue weighted by Crippen LogP contribution is -2.48. The lowest BCUT2D eigenvalue weighted by Gasteiger charge is -2.32. The van der Waals surface area contributed by atoms with E-state index in [1.807, 2.05) is 5.10 Å². The summed E-state index contributed by atoms with van der Waals surface area (Å²) >= 11 is 0. The molecule has 0 radical (unpaired) electrons. The summed E-state index contributed by atoms with van der Waals surface area (Å²) in [6, 6.07) is -1.10. The average molecular weight is 291 g/mol. The van der Waals surface area contributed by atoms with Crippen molar-refractivity contribution in [2.24, 2.45) is 0 Å². The standard InChI is InChI=1S/C11H12F3N3O3/c12-11(13,14)6-5-15-16-8(6)9(18)17-4-2-1-3-7(17)10(19)20/h5,7H,1-4H2,(H,15,16)(H,19,20). The molecule has 1 aliphatic rings. The van der Waals surface area contributed by atoms with E-state index in [9.17, 15) is 22.8 Å². The van der Waals surface area contributed by atoms with Crippen molar-refractivity contribution in [2.45, 2.75) is 31.5 Å². The van der Waals surface area contributed by atoms with Crippen LogP contribution in [0.3, 0.4) is 0 Å². The second-order valence-corrected chi connectivity index (χ2v) is 4.50. The summed E-state index contributed by atoms with van der Waals surface area (Å²) in [6.45, 7) is 0.117. The van der Waals surface area contributed by atoms with Gasteiger partial charge in [-0.1, -0.05) is 0 Å². The number of amides is 1. The maximum absolute atomic E-state index is 12.7. The van der Waals surface area contributed by atoms with Crippen LogP contribution in [-0.2, 0) is 11.0 Å². The number of carbonyl (C=O) groups excluding carboxylic acids is 1. The number of aromatic amines is 1. The average Bonchev–Trinajstić information content (AvgIpc) is 2.87. The zero-order valence-electron chi connectivity index (χ0n) is 10.3. The lowest BCUT2D eigenvalue weighted by atomic mass is 10.0. The molecule has 6 nitrogen and oxygen atoms in total. The molecule has 1 aliphatic heterocycles. The number of H-pyrrole nitrogens is 1.